The van der Waals surface area contributed by atoms with Gasteiger partial charge in [0.1, 0.15) is 5.82 Å². The van der Waals surface area contributed by atoms with E-state index in [4.69, 9.17) is 0 Å². The zero-order valence-electron chi connectivity index (χ0n) is 17.7. The predicted molar refractivity (Wildman–Crippen MR) is 117 cm³/mol. The van der Waals surface area contributed by atoms with Gasteiger partial charge < -0.3 is 9.88 Å². The molecule has 1 saturated heterocycles. The van der Waals surface area contributed by atoms with Gasteiger partial charge in [-0.2, -0.15) is 4.31 Å². The Morgan fingerprint density at radius 3 is 2.71 bits per heavy atom. The van der Waals surface area contributed by atoms with E-state index >= 15 is 0 Å². The lowest BCUT2D eigenvalue weighted by Gasteiger charge is -2.36. The van der Waals surface area contributed by atoms with Crippen molar-refractivity contribution in [3.8, 4) is 0 Å². The number of carbonyl (C=O) groups excluding carboxylic acids is 1. The van der Waals surface area contributed by atoms with Gasteiger partial charge in [0.2, 0.25) is 15.9 Å². The quantitative estimate of drug-likeness (QED) is 0.757. The molecule has 0 saturated carbocycles. The molecule has 0 aliphatic carbocycles. The lowest BCUT2D eigenvalue weighted by atomic mass is 9.99. The van der Waals surface area contributed by atoms with E-state index in [1.54, 1.807) is 6.92 Å². The number of benzene rings is 1. The smallest absolute Gasteiger partial charge is 0.254 e. The molecule has 3 heterocycles. The van der Waals surface area contributed by atoms with Crippen LogP contribution < -0.4 is 5.56 Å². The summed E-state index contributed by atoms with van der Waals surface area (Å²) in [6, 6.07) is 9.30. The molecule has 2 aliphatic heterocycles. The zero-order chi connectivity index (χ0) is 22.0. The van der Waals surface area contributed by atoms with Crippen molar-refractivity contribution in [1.82, 2.24) is 19.2 Å². The van der Waals surface area contributed by atoms with Crippen LogP contribution in [0.3, 0.4) is 0 Å². The maximum atomic E-state index is 13.1. The van der Waals surface area contributed by atoms with Gasteiger partial charge in [-0.1, -0.05) is 30.3 Å². The molecule has 2 aliphatic rings. The summed E-state index contributed by atoms with van der Waals surface area (Å²) in [5, 5.41) is 0. The molecule has 166 valence electrons. The Morgan fingerprint density at radius 2 is 1.97 bits per heavy atom. The molecule has 1 atom stereocenters. The molecular formula is C22H28N4O4S. The number of aromatic nitrogens is 2. The van der Waals surface area contributed by atoms with Crippen molar-refractivity contribution >= 4 is 15.9 Å². The molecule has 1 aromatic heterocycles. The standard InChI is InChI=1S/C22H28N4O4S/c1-2-31(29,30)25-13-11-17-18(15-25)23-21(24-22(17)28)19-10-6-7-12-26(19)20(27)14-16-8-4-3-5-9-16/h3-5,8-9,19H,2,6-7,10-15H2,1H3,(H,23,24,28). The minimum Gasteiger partial charge on any atom is -0.332 e. The summed E-state index contributed by atoms with van der Waals surface area (Å²) in [5.41, 5.74) is 1.77. The van der Waals surface area contributed by atoms with E-state index in [2.05, 4.69) is 9.97 Å². The Labute approximate surface area is 182 Å². The minimum atomic E-state index is -3.36. The van der Waals surface area contributed by atoms with Crippen LogP contribution in [-0.2, 0) is 34.2 Å². The topological polar surface area (TPSA) is 103 Å². The maximum absolute atomic E-state index is 13.1. The van der Waals surface area contributed by atoms with E-state index in [1.165, 1.54) is 4.31 Å². The van der Waals surface area contributed by atoms with Gasteiger partial charge in [0, 0.05) is 18.7 Å². The van der Waals surface area contributed by atoms with Crippen LogP contribution in [0.25, 0.3) is 0 Å². The van der Waals surface area contributed by atoms with Crippen LogP contribution in [0, 0.1) is 0 Å². The van der Waals surface area contributed by atoms with Crippen LogP contribution in [-0.4, -0.2) is 52.3 Å². The first-order valence-corrected chi connectivity index (χ1v) is 12.4. The van der Waals surface area contributed by atoms with E-state index in [-0.39, 0.29) is 29.8 Å². The second-order valence-electron chi connectivity index (χ2n) is 8.12. The second kappa shape index (κ2) is 8.92. The first kappa shape index (κ1) is 21.7. The van der Waals surface area contributed by atoms with Crippen LogP contribution in [0.15, 0.2) is 35.1 Å². The Hall–Kier alpha value is -2.52. The minimum absolute atomic E-state index is 0.00598. The average Bonchev–Trinajstić information content (AvgIpc) is 2.79. The molecule has 9 heteroatoms. The highest BCUT2D eigenvalue weighted by Crippen LogP contribution is 2.30. The molecule has 0 spiro atoms. The Morgan fingerprint density at radius 1 is 1.19 bits per heavy atom. The number of aromatic amines is 1. The van der Waals surface area contributed by atoms with E-state index in [1.807, 2.05) is 35.2 Å². The van der Waals surface area contributed by atoms with Crippen molar-refractivity contribution in [3.05, 3.63) is 63.3 Å². The van der Waals surface area contributed by atoms with Crippen molar-refractivity contribution < 1.29 is 13.2 Å². The highest BCUT2D eigenvalue weighted by Gasteiger charge is 2.33. The van der Waals surface area contributed by atoms with Gasteiger partial charge in [-0.3, -0.25) is 9.59 Å². The number of amides is 1. The Bertz CT molecular complexity index is 1110. The summed E-state index contributed by atoms with van der Waals surface area (Å²) in [7, 11) is -3.36. The van der Waals surface area contributed by atoms with Gasteiger partial charge >= 0.3 is 0 Å². The number of hydrogen-bond donors (Lipinski definition) is 1. The fraction of sp³-hybridized carbons (Fsp3) is 0.500. The Kier molecular flexibility index (Phi) is 6.24. The third kappa shape index (κ3) is 4.57. The van der Waals surface area contributed by atoms with Crippen LogP contribution in [0.4, 0.5) is 0 Å². The van der Waals surface area contributed by atoms with Crippen molar-refractivity contribution in [2.75, 3.05) is 18.8 Å². The lowest BCUT2D eigenvalue weighted by molar-refractivity contribution is -0.134. The van der Waals surface area contributed by atoms with Gasteiger partial charge in [-0.15, -0.1) is 0 Å². The average molecular weight is 445 g/mol. The summed E-state index contributed by atoms with van der Waals surface area (Å²) in [5.74, 6) is 0.482. The molecule has 1 aromatic carbocycles. The monoisotopic (exact) mass is 444 g/mol. The van der Waals surface area contributed by atoms with E-state index < -0.39 is 10.0 Å². The fourth-order valence-electron chi connectivity index (χ4n) is 4.40. The van der Waals surface area contributed by atoms with E-state index in [0.29, 0.717) is 43.0 Å². The molecular weight excluding hydrogens is 416 g/mol. The number of fused-ring (bicyclic) bond motifs is 1. The van der Waals surface area contributed by atoms with Crippen LogP contribution in [0.5, 0.6) is 0 Å². The largest absolute Gasteiger partial charge is 0.332 e. The number of carbonyl (C=O) groups is 1. The molecule has 4 rings (SSSR count). The van der Waals surface area contributed by atoms with Crippen molar-refractivity contribution in [2.45, 2.75) is 51.6 Å². The number of nitrogens with zero attached hydrogens (tertiary/aromatic N) is 3. The highest BCUT2D eigenvalue weighted by molar-refractivity contribution is 7.89. The first-order valence-electron chi connectivity index (χ1n) is 10.8. The highest BCUT2D eigenvalue weighted by atomic mass is 32.2. The lowest BCUT2D eigenvalue weighted by Crippen LogP contribution is -2.43. The number of piperidine rings is 1. The third-order valence-electron chi connectivity index (χ3n) is 6.15. The van der Waals surface area contributed by atoms with Gasteiger partial charge in [-0.05, 0) is 38.2 Å². The van der Waals surface area contributed by atoms with Gasteiger partial charge in [0.15, 0.2) is 0 Å². The van der Waals surface area contributed by atoms with Gasteiger partial charge in [0.25, 0.3) is 5.56 Å². The van der Waals surface area contributed by atoms with E-state index in [0.717, 1.165) is 24.8 Å². The SMILES string of the molecule is CCS(=O)(=O)N1CCc2c(nc(C3CCCCN3C(=O)Cc3ccccc3)[nH]c2=O)C1. The molecule has 1 fully saturated rings. The number of hydrogen-bond acceptors (Lipinski definition) is 5. The van der Waals surface area contributed by atoms with Crippen LogP contribution in [0.2, 0.25) is 0 Å². The maximum Gasteiger partial charge on any atom is 0.254 e. The van der Waals surface area contributed by atoms with Gasteiger partial charge in [0.05, 0.1) is 30.5 Å². The normalized spacial score (nSPS) is 19.8. The van der Waals surface area contributed by atoms with Crippen LogP contribution in [0.1, 0.15) is 54.9 Å². The summed E-state index contributed by atoms with van der Waals surface area (Å²) in [4.78, 5) is 35.2. The number of H-pyrrole nitrogens is 1. The number of likely N-dealkylation sites (tertiary alicyclic amines) is 1. The summed E-state index contributed by atoms with van der Waals surface area (Å²) in [6.45, 7) is 2.62. The van der Waals surface area contributed by atoms with Crippen molar-refractivity contribution in [2.24, 2.45) is 0 Å². The number of sulfonamides is 1. The fourth-order valence-corrected chi connectivity index (χ4v) is 5.45. The van der Waals surface area contributed by atoms with Crippen molar-refractivity contribution in [3.63, 3.8) is 0 Å². The third-order valence-corrected chi connectivity index (χ3v) is 7.98. The summed E-state index contributed by atoms with van der Waals surface area (Å²) in [6.07, 6.45) is 3.22. The summed E-state index contributed by atoms with van der Waals surface area (Å²) < 4.78 is 26.0. The molecule has 0 radical (unpaired) electrons. The number of nitrogens with one attached hydrogen (secondary N) is 1. The van der Waals surface area contributed by atoms with Crippen molar-refractivity contribution in [1.29, 1.82) is 0 Å². The first-order chi connectivity index (χ1) is 14.9. The van der Waals surface area contributed by atoms with E-state index in [9.17, 15) is 18.0 Å². The Balaban J connectivity index is 1.62. The molecule has 31 heavy (non-hydrogen) atoms. The molecule has 2 aromatic rings. The molecule has 0 bridgehead atoms. The molecule has 1 amide bonds. The summed E-state index contributed by atoms with van der Waals surface area (Å²) >= 11 is 0. The van der Waals surface area contributed by atoms with Crippen LogP contribution >= 0.6 is 0 Å². The zero-order valence-corrected chi connectivity index (χ0v) is 18.5. The molecule has 1 N–H and O–H groups in total. The number of rotatable bonds is 5. The molecule has 1 unspecified atom stereocenters. The second-order valence-corrected chi connectivity index (χ2v) is 10.4. The van der Waals surface area contributed by atoms with Gasteiger partial charge in [-0.25, -0.2) is 13.4 Å². The predicted octanol–water partition coefficient (Wildman–Crippen LogP) is 1.77. The molecule has 8 nitrogen and oxygen atoms in total.